The predicted octanol–water partition coefficient (Wildman–Crippen LogP) is 3.77. The second-order valence-electron chi connectivity index (χ2n) is 12.3. The highest BCUT2D eigenvalue weighted by atomic mass is 16.7. The van der Waals surface area contributed by atoms with Crippen LogP contribution in [0, 0.1) is 28.1 Å². The van der Waals surface area contributed by atoms with Crippen LogP contribution >= 0.6 is 0 Å². The van der Waals surface area contributed by atoms with Crippen molar-refractivity contribution in [3.63, 3.8) is 0 Å². The zero-order valence-electron chi connectivity index (χ0n) is 22.3. The molecule has 3 aliphatic heterocycles. The average molecular weight is 527 g/mol. The molecule has 2 saturated carbocycles. The van der Waals surface area contributed by atoms with E-state index in [1.807, 2.05) is 19.9 Å². The molecule has 9 nitrogen and oxygen atoms in total. The van der Waals surface area contributed by atoms with Crippen molar-refractivity contribution in [2.75, 3.05) is 7.11 Å². The first-order valence-electron chi connectivity index (χ1n) is 13.2. The van der Waals surface area contributed by atoms with Crippen molar-refractivity contribution >= 4 is 17.9 Å². The second-order valence-corrected chi connectivity index (χ2v) is 12.3. The minimum atomic E-state index is -1.57. The summed E-state index contributed by atoms with van der Waals surface area (Å²) in [7, 11) is 1.35. The summed E-state index contributed by atoms with van der Waals surface area (Å²) < 4.78 is 28.6. The zero-order valence-corrected chi connectivity index (χ0v) is 22.3. The van der Waals surface area contributed by atoms with Crippen molar-refractivity contribution in [2.24, 2.45) is 28.1 Å². The van der Waals surface area contributed by atoms with Crippen LogP contribution in [0.15, 0.2) is 46.3 Å². The highest BCUT2D eigenvalue weighted by Crippen LogP contribution is 2.74. The van der Waals surface area contributed by atoms with Gasteiger partial charge in [-0.25, -0.2) is 4.79 Å². The van der Waals surface area contributed by atoms with Gasteiger partial charge in [-0.1, -0.05) is 20.8 Å². The minimum absolute atomic E-state index is 0.0411. The molecule has 204 valence electrons. The summed E-state index contributed by atoms with van der Waals surface area (Å²) in [6, 6.07) is 1.81. The lowest BCUT2D eigenvalue weighted by Crippen LogP contribution is -2.55. The summed E-state index contributed by atoms with van der Waals surface area (Å²) in [4.78, 5) is 38.0. The fourth-order valence-electron chi connectivity index (χ4n) is 8.67. The molecule has 1 saturated heterocycles. The molecule has 2 aliphatic carbocycles. The molecule has 4 heterocycles. The molecule has 3 fully saturated rings. The molecule has 9 heteroatoms. The quantitative estimate of drug-likeness (QED) is 0.461. The van der Waals surface area contributed by atoms with Gasteiger partial charge in [0.1, 0.15) is 18.3 Å². The molecule has 1 aromatic heterocycles. The van der Waals surface area contributed by atoms with Crippen LogP contribution in [0.5, 0.6) is 0 Å². The Kier molecular flexibility index (Phi) is 5.38. The topological polar surface area (TPSA) is 122 Å². The summed E-state index contributed by atoms with van der Waals surface area (Å²) in [6.45, 7) is 7.37. The van der Waals surface area contributed by atoms with Crippen LogP contribution in [-0.2, 0) is 33.3 Å². The molecule has 1 aromatic rings. The highest BCUT2D eigenvalue weighted by Gasteiger charge is 2.77. The maximum Gasteiger partial charge on any atom is 0.331 e. The van der Waals surface area contributed by atoms with Crippen LogP contribution in [0.2, 0.25) is 0 Å². The monoisotopic (exact) mass is 526 g/mol. The van der Waals surface area contributed by atoms with Crippen molar-refractivity contribution < 1.29 is 42.9 Å². The number of ether oxygens (including phenoxy) is 4. The number of esters is 3. The molecule has 0 aromatic carbocycles. The largest absolute Gasteiger partial charge is 0.472 e. The summed E-state index contributed by atoms with van der Waals surface area (Å²) in [5.74, 6) is -3.53. The van der Waals surface area contributed by atoms with Gasteiger partial charge in [0.05, 0.1) is 19.6 Å². The van der Waals surface area contributed by atoms with E-state index in [9.17, 15) is 19.5 Å². The number of rotatable bonds is 4. The average Bonchev–Trinajstić information content (AvgIpc) is 3.40. The van der Waals surface area contributed by atoms with Crippen molar-refractivity contribution in [3.05, 3.63) is 47.5 Å². The Bertz CT molecular complexity index is 1260. The third-order valence-corrected chi connectivity index (χ3v) is 10.4. The van der Waals surface area contributed by atoms with Crippen LogP contribution in [-0.4, -0.2) is 48.1 Å². The molecule has 0 radical (unpaired) electrons. The van der Waals surface area contributed by atoms with Crippen LogP contribution in [0.25, 0.3) is 0 Å². The number of cyclic esters (lactones) is 1. The lowest BCUT2D eigenvalue weighted by atomic mass is 9.51. The lowest BCUT2D eigenvalue weighted by molar-refractivity contribution is -0.307. The molecule has 6 rings (SSSR count). The molecule has 9 unspecified atom stereocenters. The van der Waals surface area contributed by atoms with Crippen LogP contribution in [0.4, 0.5) is 0 Å². The SMILES string of the molecule is COC(=O)CC1C2(C)CC3(O)OC(C=C4C5=CC(=O)OC(c6ccoc6)C5(C)CCC4C13C)C2OC(C)=O. The van der Waals surface area contributed by atoms with E-state index in [4.69, 9.17) is 23.4 Å². The molecule has 5 aliphatic rings. The van der Waals surface area contributed by atoms with Gasteiger partial charge in [0.2, 0.25) is 0 Å². The van der Waals surface area contributed by atoms with Gasteiger partial charge in [-0.15, -0.1) is 0 Å². The number of carbonyl (C=O) groups is 3. The number of allylic oxidation sites excluding steroid dienone is 1. The van der Waals surface area contributed by atoms with Gasteiger partial charge in [-0.05, 0) is 48.0 Å². The minimum Gasteiger partial charge on any atom is -0.472 e. The smallest absolute Gasteiger partial charge is 0.331 e. The Morgan fingerprint density at radius 2 is 2.00 bits per heavy atom. The van der Waals surface area contributed by atoms with Gasteiger partial charge in [0, 0.05) is 47.6 Å². The van der Waals surface area contributed by atoms with E-state index in [1.54, 1.807) is 24.7 Å². The molecule has 1 N–H and O–H groups in total. The van der Waals surface area contributed by atoms with Gasteiger partial charge in [-0.3, -0.25) is 9.59 Å². The Balaban J connectivity index is 1.55. The number of aliphatic hydroxyl groups is 1. The Labute approximate surface area is 221 Å². The number of methoxy groups -OCH3 is 1. The number of hydrogen-bond donors (Lipinski definition) is 1. The first kappa shape index (κ1) is 25.4. The van der Waals surface area contributed by atoms with Gasteiger partial charge in [0.15, 0.2) is 5.79 Å². The number of carbonyl (C=O) groups excluding carboxylic acids is 3. The Morgan fingerprint density at radius 3 is 2.66 bits per heavy atom. The molecule has 0 amide bonds. The zero-order chi connectivity index (χ0) is 27.3. The number of fused-ring (bicyclic) bond motifs is 6. The maximum atomic E-state index is 12.9. The Hall–Kier alpha value is -2.91. The first-order chi connectivity index (χ1) is 17.9. The summed E-state index contributed by atoms with van der Waals surface area (Å²) >= 11 is 0. The van der Waals surface area contributed by atoms with E-state index in [0.717, 1.165) is 16.7 Å². The standard InChI is InChI=1S/C29H34O9/c1-15(30)36-25-20-10-17-18(28(4)21(12-22(31)34-5)27(25,3)14-29(28,33)38-20)6-8-26(2)19(17)11-23(32)37-24(26)16-7-9-35-13-16/h7,9-11,13,18,20-21,24-25,33H,6,8,12,14H2,1-5H3. The van der Waals surface area contributed by atoms with Gasteiger partial charge >= 0.3 is 17.9 Å². The van der Waals surface area contributed by atoms with Crippen molar-refractivity contribution in [1.29, 1.82) is 0 Å². The molecular weight excluding hydrogens is 492 g/mol. The number of hydrogen-bond acceptors (Lipinski definition) is 9. The van der Waals surface area contributed by atoms with Crippen molar-refractivity contribution in [2.45, 2.75) is 77.5 Å². The van der Waals surface area contributed by atoms with E-state index in [1.165, 1.54) is 14.0 Å². The molecule has 0 spiro atoms. The highest BCUT2D eigenvalue weighted by molar-refractivity contribution is 5.86. The first-order valence-corrected chi connectivity index (χ1v) is 13.2. The summed E-state index contributed by atoms with van der Waals surface area (Å²) in [5, 5.41) is 12.2. The molecule has 3 bridgehead atoms. The van der Waals surface area contributed by atoms with E-state index in [2.05, 4.69) is 6.92 Å². The molecule has 9 atom stereocenters. The van der Waals surface area contributed by atoms with E-state index < -0.39 is 64.2 Å². The normalized spacial score (nSPS) is 44.7. The van der Waals surface area contributed by atoms with Gasteiger partial charge in [0.25, 0.3) is 0 Å². The van der Waals surface area contributed by atoms with Crippen LogP contribution in [0.1, 0.15) is 65.0 Å². The maximum absolute atomic E-state index is 12.9. The Morgan fingerprint density at radius 1 is 1.24 bits per heavy atom. The predicted molar refractivity (Wildman–Crippen MR) is 131 cm³/mol. The number of furan rings is 1. The van der Waals surface area contributed by atoms with E-state index in [0.29, 0.717) is 12.8 Å². The van der Waals surface area contributed by atoms with Crippen molar-refractivity contribution in [1.82, 2.24) is 0 Å². The summed E-state index contributed by atoms with van der Waals surface area (Å²) in [5.41, 5.74) is 0.247. The molecule has 38 heavy (non-hydrogen) atoms. The third kappa shape index (κ3) is 3.14. The van der Waals surface area contributed by atoms with Crippen molar-refractivity contribution in [3.8, 4) is 0 Å². The van der Waals surface area contributed by atoms with E-state index >= 15 is 0 Å². The van der Waals surface area contributed by atoms with Crippen LogP contribution < -0.4 is 0 Å². The summed E-state index contributed by atoms with van der Waals surface area (Å²) in [6.07, 6.45) is 6.20. The van der Waals surface area contributed by atoms with E-state index in [-0.39, 0.29) is 18.8 Å². The second kappa shape index (κ2) is 8.05. The molecular formula is C29H34O9. The third-order valence-electron chi connectivity index (χ3n) is 10.4. The van der Waals surface area contributed by atoms with Gasteiger partial charge in [-0.2, -0.15) is 0 Å². The fourth-order valence-corrected chi connectivity index (χ4v) is 8.67. The van der Waals surface area contributed by atoms with Crippen LogP contribution in [0.3, 0.4) is 0 Å². The lowest BCUT2D eigenvalue weighted by Gasteiger charge is -2.54. The fraction of sp³-hybridized carbons (Fsp3) is 0.621. The van der Waals surface area contributed by atoms with Gasteiger partial charge < -0.3 is 28.5 Å².